The van der Waals surface area contributed by atoms with E-state index in [0.29, 0.717) is 23.6 Å². The van der Waals surface area contributed by atoms with E-state index in [1.807, 2.05) is 6.07 Å². The van der Waals surface area contributed by atoms with Crippen LogP contribution in [-0.2, 0) is 4.79 Å². The van der Waals surface area contributed by atoms with Gasteiger partial charge in [-0.3, -0.25) is 4.79 Å². The molecule has 1 aliphatic heterocycles. The maximum Gasteiger partial charge on any atom is 0.224 e. The van der Waals surface area contributed by atoms with Crippen molar-refractivity contribution in [2.75, 3.05) is 25.5 Å². The average molecular weight is 257 g/mol. The monoisotopic (exact) mass is 257 g/mol. The van der Waals surface area contributed by atoms with Gasteiger partial charge in [0.1, 0.15) is 6.07 Å². The van der Waals surface area contributed by atoms with E-state index in [1.54, 1.807) is 18.2 Å². The summed E-state index contributed by atoms with van der Waals surface area (Å²) >= 11 is 0. The number of rotatable bonds is 3. The first-order valence-corrected chi connectivity index (χ1v) is 6.66. The number of carbonyl (C=O) groups is 1. The summed E-state index contributed by atoms with van der Waals surface area (Å²) in [5, 5.41) is 11.8. The molecule has 0 bridgehead atoms. The third-order valence-corrected chi connectivity index (χ3v) is 3.63. The summed E-state index contributed by atoms with van der Waals surface area (Å²) in [5.41, 5.74) is 1.13. The van der Waals surface area contributed by atoms with Crippen molar-refractivity contribution in [2.24, 2.45) is 5.92 Å². The van der Waals surface area contributed by atoms with Crippen molar-refractivity contribution in [3.8, 4) is 6.07 Å². The molecular weight excluding hydrogens is 238 g/mol. The zero-order chi connectivity index (χ0) is 13.7. The lowest BCUT2D eigenvalue weighted by molar-refractivity contribution is -0.117. The van der Waals surface area contributed by atoms with E-state index < -0.39 is 0 Å². The Morgan fingerprint density at radius 3 is 2.79 bits per heavy atom. The minimum atomic E-state index is 0.0113. The molecule has 1 heterocycles. The van der Waals surface area contributed by atoms with Gasteiger partial charge in [-0.15, -0.1) is 0 Å². The molecule has 1 aromatic carbocycles. The van der Waals surface area contributed by atoms with E-state index in [0.717, 1.165) is 25.9 Å². The number of carbonyl (C=O) groups excluding carboxylic acids is 1. The Hall–Kier alpha value is -1.86. The summed E-state index contributed by atoms with van der Waals surface area (Å²) in [4.78, 5) is 14.3. The highest BCUT2D eigenvalue weighted by molar-refractivity contribution is 5.92. The maximum absolute atomic E-state index is 12.0. The van der Waals surface area contributed by atoms with Crippen LogP contribution in [0, 0.1) is 17.2 Å². The quantitative estimate of drug-likeness (QED) is 0.903. The van der Waals surface area contributed by atoms with E-state index in [9.17, 15) is 4.79 Å². The van der Waals surface area contributed by atoms with E-state index >= 15 is 0 Å². The van der Waals surface area contributed by atoms with Crippen molar-refractivity contribution in [2.45, 2.75) is 19.3 Å². The number of likely N-dealkylation sites (tertiary alicyclic amines) is 1. The minimum Gasteiger partial charge on any atom is -0.325 e. The Labute approximate surface area is 114 Å². The smallest absolute Gasteiger partial charge is 0.224 e. The largest absolute Gasteiger partial charge is 0.325 e. The summed E-state index contributed by atoms with van der Waals surface area (Å²) in [6.07, 6.45) is 2.70. The SMILES string of the molecule is CN1CCC(CC(=O)Nc2ccccc2C#N)CC1. The lowest BCUT2D eigenvalue weighted by atomic mass is 9.93. The molecule has 1 fully saturated rings. The van der Waals surface area contributed by atoms with Gasteiger partial charge in [0.05, 0.1) is 11.3 Å². The van der Waals surface area contributed by atoms with Gasteiger partial charge in [0, 0.05) is 6.42 Å². The van der Waals surface area contributed by atoms with Crippen molar-refractivity contribution < 1.29 is 4.79 Å². The topological polar surface area (TPSA) is 56.1 Å². The van der Waals surface area contributed by atoms with E-state index in [1.165, 1.54) is 0 Å². The lowest BCUT2D eigenvalue weighted by Gasteiger charge is -2.28. The van der Waals surface area contributed by atoms with Crippen molar-refractivity contribution in [1.29, 1.82) is 5.26 Å². The molecular formula is C15H19N3O. The van der Waals surface area contributed by atoms with Crippen molar-refractivity contribution in [1.82, 2.24) is 4.90 Å². The molecule has 0 aromatic heterocycles. The Bertz CT molecular complexity index is 484. The molecule has 0 atom stereocenters. The number of para-hydroxylation sites is 1. The molecule has 1 amide bonds. The minimum absolute atomic E-state index is 0.0113. The van der Waals surface area contributed by atoms with Gasteiger partial charge >= 0.3 is 0 Å². The fraction of sp³-hybridized carbons (Fsp3) is 0.467. The molecule has 4 nitrogen and oxygen atoms in total. The van der Waals surface area contributed by atoms with E-state index in [2.05, 4.69) is 23.3 Å². The van der Waals surface area contributed by atoms with Crippen LogP contribution in [-0.4, -0.2) is 30.9 Å². The molecule has 4 heteroatoms. The molecule has 1 N–H and O–H groups in total. The standard InChI is InChI=1S/C15H19N3O/c1-18-8-6-12(7-9-18)10-15(19)17-14-5-3-2-4-13(14)11-16/h2-5,12H,6-10H2,1H3,(H,17,19). The van der Waals surface area contributed by atoms with Gasteiger partial charge in [-0.2, -0.15) is 5.26 Å². The van der Waals surface area contributed by atoms with Crippen LogP contribution in [0.2, 0.25) is 0 Å². The fourth-order valence-electron chi connectivity index (χ4n) is 2.42. The predicted octanol–water partition coefficient (Wildman–Crippen LogP) is 2.23. The zero-order valence-corrected chi connectivity index (χ0v) is 11.2. The van der Waals surface area contributed by atoms with Gasteiger partial charge in [0.2, 0.25) is 5.91 Å². The Morgan fingerprint density at radius 1 is 1.42 bits per heavy atom. The van der Waals surface area contributed by atoms with Crippen LogP contribution in [0.25, 0.3) is 0 Å². The van der Waals surface area contributed by atoms with Crippen LogP contribution in [0.4, 0.5) is 5.69 Å². The number of nitriles is 1. The number of anilines is 1. The summed E-state index contributed by atoms with van der Waals surface area (Å²) in [5.74, 6) is 0.475. The second kappa shape index (κ2) is 6.35. The normalized spacial score (nSPS) is 16.8. The fourth-order valence-corrected chi connectivity index (χ4v) is 2.42. The van der Waals surface area contributed by atoms with Crippen LogP contribution in [0.5, 0.6) is 0 Å². The molecule has 0 aliphatic carbocycles. The summed E-state index contributed by atoms with van der Waals surface area (Å²) < 4.78 is 0. The number of nitrogens with zero attached hydrogens (tertiary/aromatic N) is 2. The van der Waals surface area contributed by atoms with Crippen molar-refractivity contribution in [3.63, 3.8) is 0 Å². The number of nitrogens with one attached hydrogen (secondary N) is 1. The van der Waals surface area contributed by atoms with Gasteiger partial charge in [0.25, 0.3) is 0 Å². The first kappa shape index (κ1) is 13.6. The molecule has 0 spiro atoms. The Balaban J connectivity index is 1.89. The highest BCUT2D eigenvalue weighted by Crippen LogP contribution is 2.21. The first-order valence-electron chi connectivity index (χ1n) is 6.66. The van der Waals surface area contributed by atoms with Crippen LogP contribution in [0.1, 0.15) is 24.8 Å². The van der Waals surface area contributed by atoms with Gasteiger partial charge in [-0.05, 0) is 51.0 Å². The molecule has 1 aromatic rings. The molecule has 1 saturated heterocycles. The molecule has 0 unspecified atom stereocenters. The molecule has 2 rings (SSSR count). The van der Waals surface area contributed by atoms with Gasteiger partial charge in [0.15, 0.2) is 0 Å². The molecule has 0 radical (unpaired) electrons. The molecule has 19 heavy (non-hydrogen) atoms. The van der Waals surface area contributed by atoms with Crippen molar-refractivity contribution >= 4 is 11.6 Å². The molecule has 0 saturated carbocycles. The van der Waals surface area contributed by atoms with Crippen LogP contribution < -0.4 is 5.32 Å². The third-order valence-electron chi connectivity index (χ3n) is 3.63. The van der Waals surface area contributed by atoms with E-state index in [4.69, 9.17) is 5.26 Å². The molecule has 100 valence electrons. The lowest BCUT2D eigenvalue weighted by Crippen LogP contribution is -2.32. The predicted molar refractivity (Wildman–Crippen MR) is 74.6 cm³/mol. The van der Waals surface area contributed by atoms with Crippen LogP contribution in [0.3, 0.4) is 0 Å². The van der Waals surface area contributed by atoms with Gasteiger partial charge < -0.3 is 10.2 Å². The Kier molecular flexibility index (Phi) is 4.53. The summed E-state index contributed by atoms with van der Waals surface area (Å²) in [6, 6.07) is 9.19. The molecule has 1 aliphatic rings. The highest BCUT2D eigenvalue weighted by Gasteiger charge is 2.19. The first-order chi connectivity index (χ1) is 9.19. The zero-order valence-electron chi connectivity index (χ0n) is 11.2. The maximum atomic E-state index is 12.0. The summed E-state index contributed by atoms with van der Waals surface area (Å²) in [7, 11) is 2.11. The Morgan fingerprint density at radius 2 is 2.11 bits per heavy atom. The number of benzene rings is 1. The van der Waals surface area contributed by atoms with Gasteiger partial charge in [-0.25, -0.2) is 0 Å². The van der Waals surface area contributed by atoms with E-state index in [-0.39, 0.29) is 5.91 Å². The number of amides is 1. The third kappa shape index (κ3) is 3.80. The summed E-state index contributed by atoms with van der Waals surface area (Å²) in [6.45, 7) is 2.12. The highest BCUT2D eigenvalue weighted by atomic mass is 16.1. The van der Waals surface area contributed by atoms with Crippen molar-refractivity contribution in [3.05, 3.63) is 29.8 Å². The number of hydrogen-bond acceptors (Lipinski definition) is 3. The van der Waals surface area contributed by atoms with Crippen LogP contribution in [0.15, 0.2) is 24.3 Å². The number of piperidine rings is 1. The second-order valence-electron chi connectivity index (χ2n) is 5.16. The van der Waals surface area contributed by atoms with Crippen LogP contribution >= 0.6 is 0 Å². The average Bonchev–Trinajstić information content (AvgIpc) is 2.42. The van der Waals surface area contributed by atoms with Gasteiger partial charge in [-0.1, -0.05) is 12.1 Å². The second-order valence-corrected chi connectivity index (χ2v) is 5.16. The number of hydrogen-bond donors (Lipinski definition) is 1.